The van der Waals surface area contributed by atoms with E-state index in [9.17, 15) is 24.3 Å². The number of amides is 3. The van der Waals surface area contributed by atoms with Crippen molar-refractivity contribution in [2.24, 2.45) is 11.8 Å². The molecular weight excluding hydrogens is 658 g/mol. The maximum atomic E-state index is 14.8. The van der Waals surface area contributed by atoms with E-state index in [0.717, 1.165) is 12.8 Å². The lowest BCUT2D eigenvalue weighted by Gasteiger charge is -2.37. The van der Waals surface area contributed by atoms with Gasteiger partial charge in [0.05, 0.1) is 34.7 Å². The van der Waals surface area contributed by atoms with E-state index >= 15 is 0 Å². The standard InChI is InChI=1S/C39H48ClN3O7/c1-4-6-20-31(45)41-26(3)34(27-16-10-9-11-17-27)49-38(48)32-30-21-22-39(50-30)33(32)36(46)43(24-14-7-8-15-25-44)35(39)37(47)42(23-5-2)29-19-13-12-18-28(29)40/h4-5,9-13,16-19,26,30,32-35,44H,1-2,6-8,14-15,20-25H2,3H3,(H,41,45)/t26-,30-,32+,33+,34-,35-,39+/m0/s1. The van der Waals surface area contributed by atoms with E-state index in [4.69, 9.17) is 21.1 Å². The molecule has 50 heavy (non-hydrogen) atoms. The molecule has 3 aliphatic heterocycles. The minimum Gasteiger partial charge on any atom is -0.455 e. The molecule has 2 N–H and O–H groups in total. The van der Waals surface area contributed by atoms with Gasteiger partial charge in [0.25, 0.3) is 5.91 Å². The third-order valence-electron chi connectivity index (χ3n) is 10.1. The second kappa shape index (κ2) is 16.8. The van der Waals surface area contributed by atoms with Gasteiger partial charge in [-0.2, -0.15) is 0 Å². The largest absolute Gasteiger partial charge is 0.455 e. The molecule has 3 heterocycles. The number of hydrogen-bond donors (Lipinski definition) is 2. The molecule has 0 aliphatic carbocycles. The first-order chi connectivity index (χ1) is 24.2. The van der Waals surface area contributed by atoms with Gasteiger partial charge in [0, 0.05) is 26.1 Å². The zero-order valence-corrected chi connectivity index (χ0v) is 29.4. The maximum Gasteiger partial charge on any atom is 0.313 e. The summed E-state index contributed by atoms with van der Waals surface area (Å²) < 4.78 is 12.9. The molecule has 3 amide bonds. The van der Waals surface area contributed by atoms with Gasteiger partial charge >= 0.3 is 5.97 Å². The van der Waals surface area contributed by atoms with Gasteiger partial charge in [-0.1, -0.05) is 79.1 Å². The number of rotatable bonds is 18. The van der Waals surface area contributed by atoms with Gasteiger partial charge in [-0.15, -0.1) is 13.2 Å². The van der Waals surface area contributed by atoms with Crippen LogP contribution < -0.4 is 10.2 Å². The topological polar surface area (TPSA) is 125 Å². The molecule has 3 saturated heterocycles. The highest BCUT2D eigenvalue weighted by atomic mass is 35.5. The average Bonchev–Trinajstić information content (AvgIpc) is 3.76. The van der Waals surface area contributed by atoms with Gasteiger partial charge in [-0.25, -0.2) is 0 Å². The molecule has 2 aromatic rings. The van der Waals surface area contributed by atoms with Crippen LogP contribution in [-0.2, 0) is 28.7 Å². The summed E-state index contributed by atoms with van der Waals surface area (Å²) in [4.78, 5) is 59.4. The Kier molecular flexibility index (Phi) is 12.5. The fraction of sp³-hybridized carbons (Fsp3) is 0.487. The number of likely N-dealkylation sites (tertiary alicyclic amines) is 1. The van der Waals surface area contributed by atoms with Crippen LogP contribution >= 0.6 is 11.6 Å². The Hall–Kier alpha value is -3.99. The number of para-hydroxylation sites is 1. The number of nitrogens with zero attached hydrogens (tertiary/aromatic N) is 2. The zero-order chi connectivity index (χ0) is 35.8. The summed E-state index contributed by atoms with van der Waals surface area (Å²) in [5.41, 5.74) is -0.0417. The van der Waals surface area contributed by atoms with Crippen molar-refractivity contribution in [3.63, 3.8) is 0 Å². The van der Waals surface area contributed by atoms with Crippen molar-refractivity contribution in [2.75, 3.05) is 24.6 Å². The fourth-order valence-corrected chi connectivity index (χ4v) is 8.12. The number of aliphatic hydroxyl groups excluding tert-OH is 1. The molecule has 268 valence electrons. The van der Waals surface area contributed by atoms with E-state index in [2.05, 4.69) is 18.5 Å². The zero-order valence-electron chi connectivity index (χ0n) is 28.7. The Morgan fingerprint density at radius 2 is 1.82 bits per heavy atom. The lowest BCUT2D eigenvalue weighted by atomic mass is 9.70. The van der Waals surface area contributed by atoms with Gasteiger partial charge < -0.3 is 29.7 Å². The number of carbonyl (C=O) groups excluding carboxylic acids is 4. The number of allylic oxidation sites excluding steroid dienone is 1. The van der Waals surface area contributed by atoms with Gasteiger partial charge in [-0.05, 0) is 56.7 Å². The average molecular weight is 706 g/mol. The van der Waals surface area contributed by atoms with Crippen molar-refractivity contribution >= 4 is 41.0 Å². The lowest BCUT2D eigenvalue weighted by molar-refractivity contribution is -0.162. The van der Waals surface area contributed by atoms with Crippen molar-refractivity contribution in [3.05, 3.63) is 90.5 Å². The van der Waals surface area contributed by atoms with Gasteiger partial charge in [0.2, 0.25) is 11.8 Å². The molecule has 2 bridgehead atoms. The Morgan fingerprint density at radius 3 is 2.52 bits per heavy atom. The highest BCUT2D eigenvalue weighted by Gasteiger charge is 2.75. The van der Waals surface area contributed by atoms with Crippen LogP contribution in [0.5, 0.6) is 0 Å². The van der Waals surface area contributed by atoms with Gasteiger partial charge in [0.1, 0.15) is 17.7 Å². The molecule has 0 aromatic heterocycles. The third-order valence-corrected chi connectivity index (χ3v) is 10.4. The molecule has 2 aromatic carbocycles. The minimum absolute atomic E-state index is 0.0867. The normalized spacial score (nSPS) is 24.7. The summed E-state index contributed by atoms with van der Waals surface area (Å²) in [5, 5.41) is 12.6. The molecule has 1 spiro atoms. The number of ether oxygens (including phenoxy) is 2. The molecule has 0 radical (unpaired) electrons. The number of fused-ring (bicyclic) bond motifs is 1. The maximum absolute atomic E-state index is 14.8. The monoisotopic (exact) mass is 705 g/mol. The van der Waals surface area contributed by atoms with Crippen molar-refractivity contribution in [3.8, 4) is 0 Å². The Balaban J connectivity index is 1.46. The van der Waals surface area contributed by atoms with Crippen LogP contribution in [-0.4, -0.2) is 77.2 Å². The second-order valence-electron chi connectivity index (χ2n) is 13.4. The number of halogens is 1. The fourth-order valence-electron chi connectivity index (χ4n) is 7.88. The molecule has 10 nitrogen and oxygen atoms in total. The SMILES string of the molecule is C=CCCC(=O)N[C@@H](C)[C@H](OC(=O)[C@@H]1[C@@H]2CC[C@]3(O2)[C@H](C(=O)N(CC=C)c2ccccc2Cl)N(CCCCCCO)C(=O)[C@@H]13)c1ccccc1. The van der Waals surface area contributed by atoms with Crippen molar-refractivity contribution in [1.29, 1.82) is 0 Å². The number of esters is 1. The Morgan fingerprint density at radius 1 is 1.10 bits per heavy atom. The van der Waals surface area contributed by atoms with Crippen molar-refractivity contribution in [1.82, 2.24) is 10.2 Å². The third kappa shape index (κ3) is 7.53. The Bertz CT molecular complexity index is 1550. The quantitative estimate of drug-likeness (QED) is 0.119. The first kappa shape index (κ1) is 37.3. The first-order valence-electron chi connectivity index (χ1n) is 17.6. The molecule has 0 saturated carbocycles. The van der Waals surface area contributed by atoms with Crippen LogP contribution in [0.15, 0.2) is 79.9 Å². The summed E-state index contributed by atoms with van der Waals surface area (Å²) >= 11 is 6.58. The molecule has 7 atom stereocenters. The highest BCUT2D eigenvalue weighted by molar-refractivity contribution is 6.34. The number of nitrogens with one attached hydrogen (secondary N) is 1. The van der Waals surface area contributed by atoms with Crippen LogP contribution in [0.25, 0.3) is 0 Å². The summed E-state index contributed by atoms with van der Waals surface area (Å²) in [6, 6.07) is 14.7. The predicted molar refractivity (Wildman–Crippen MR) is 191 cm³/mol. The molecule has 3 fully saturated rings. The number of hydrogen-bond acceptors (Lipinski definition) is 7. The van der Waals surface area contributed by atoms with E-state index < -0.39 is 47.7 Å². The van der Waals surface area contributed by atoms with E-state index in [0.29, 0.717) is 54.9 Å². The van der Waals surface area contributed by atoms with E-state index in [1.807, 2.05) is 30.3 Å². The first-order valence-corrected chi connectivity index (χ1v) is 18.0. The second-order valence-corrected chi connectivity index (χ2v) is 13.8. The smallest absolute Gasteiger partial charge is 0.313 e. The van der Waals surface area contributed by atoms with E-state index in [1.54, 1.807) is 48.2 Å². The predicted octanol–water partition coefficient (Wildman–Crippen LogP) is 5.54. The lowest BCUT2D eigenvalue weighted by Crippen LogP contribution is -2.56. The minimum atomic E-state index is -1.24. The molecule has 11 heteroatoms. The number of unbranched alkanes of at least 4 members (excludes halogenated alkanes) is 3. The van der Waals surface area contributed by atoms with Gasteiger partial charge in [-0.3, -0.25) is 19.2 Å². The van der Waals surface area contributed by atoms with Crippen molar-refractivity contribution in [2.45, 2.75) is 88.2 Å². The summed E-state index contributed by atoms with van der Waals surface area (Å²) in [6.45, 7) is 9.86. The number of carbonyl (C=O) groups is 4. The van der Waals surface area contributed by atoms with Crippen LogP contribution in [0, 0.1) is 11.8 Å². The van der Waals surface area contributed by atoms with Crippen LogP contribution in [0.1, 0.15) is 70.0 Å². The summed E-state index contributed by atoms with van der Waals surface area (Å²) in [6.07, 6.45) is 6.33. The van der Waals surface area contributed by atoms with Crippen LogP contribution in [0.2, 0.25) is 5.02 Å². The number of anilines is 1. The Labute approximate surface area is 299 Å². The highest BCUT2D eigenvalue weighted by Crippen LogP contribution is 2.59. The number of benzene rings is 2. The van der Waals surface area contributed by atoms with Crippen LogP contribution in [0.4, 0.5) is 5.69 Å². The molecular formula is C39H48ClN3O7. The van der Waals surface area contributed by atoms with E-state index in [-0.39, 0.29) is 37.3 Å². The molecule has 5 rings (SSSR count). The number of aliphatic hydroxyl groups is 1. The summed E-state index contributed by atoms with van der Waals surface area (Å²) in [7, 11) is 0. The van der Waals surface area contributed by atoms with E-state index in [1.165, 1.54) is 4.90 Å². The summed E-state index contributed by atoms with van der Waals surface area (Å²) in [5.74, 6) is -3.31. The van der Waals surface area contributed by atoms with Gasteiger partial charge in [0.15, 0.2) is 0 Å². The van der Waals surface area contributed by atoms with Crippen molar-refractivity contribution < 1.29 is 33.8 Å². The molecule has 0 unspecified atom stereocenters. The van der Waals surface area contributed by atoms with Crippen LogP contribution in [0.3, 0.4) is 0 Å². The molecule has 3 aliphatic rings.